The second kappa shape index (κ2) is 9.65. The predicted molar refractivity (Wildman–Crippen MR) is 84.9 cm³/mol. The van der Waals surface area contributed by atoms with E-state index in [9.17, 15) is 4.79 Å². The van der Waals surface area contributed by atoms with Crippen LogP contribution in [0.3, 0.4) is 0 Å². The molecule has 1 rings (SSSR count). The standard InChI is InChI=1S/C16H24ClNO2/c1-2-3-4-5-6-7-8-11-18-13-9-10-15(17)14(12-13)16(19)20/h9-10,12,18H,2-8,11H2,1H3,(H,19,20). The van der Waals surface area contributed by atoms with Gasteiger partial charge in [-0.2, -0.15) is 0 Å². The van der Waals surface area contributed by atoms with Crippen molar-refractivity contribution in [2.24, 2.45) is 0 Å². The first-order chi connectivity index (χ1) is 9.65. The minimum atomic E-state index is -0.991. The zero-order valence-electron chi connectivity index (χ0n) is 12.1. The molecule has 0 heterocycles. The van der Waals surface area contributed by atoms with Crippen LogP contribution in [-0.4, -0.2) is 17.6 Å². The van der Waals surface area contributed by atoms with Gasteiger partial charge in [0.05, 0.1) is 10.6 Å². The van der Waals surface area contributed by atoms with E-state index in [1.54, 1.807) is 12.1 Å². The second-order valence-electron chi connectivity index (χ2n) is 5.05. The quantitative estimate of drug-likeness (QED) is 0.583. The van der Waals surface area contributed by atoms with Crippen molar-refractivity contribution in [2.45, 2.75) is 51.9 Å². The van der Waals surface area contributed by atoms with Crippen LogP contribution in [0.15, 0.2) is 18.2 Å². The highest BCUT2D eigenvalue weighted by Crippen LogP contribution is 2.20. The molecule has 3 nitrogen and oxygen atoms in total. The van der Waals surface area contributed by atoms with E-state index < -0.39 is 5.97 Å². The van der Waals surface area contributed by atoms with Gasteiger partial charge in [-0.3, -0.25) is 0 Å². The Bertz CT molecular complexity index is 421. The van der Waals surface area contributed by atoms with Gasteiger partial charge in [0, 0.05) is 12.2 Å². The molecule has 0 atom stereocenters. The molecule has 0 saturated carbocycles. The van der Waals surface area contributed by atoms with Gasteiger partial charge in [-0.25, -0.2) is 4.79 Å². The summed E-state index contributed by atoms with van der Waals surface area (Å²) in [6.07, 6.45) is 8.88. The molecule has 0 spiro atoms. The fourth-order valence-electron chi connectivity index (χ4n) is 2.11. The fraction of sp³-hybridized carbons (Fsp3) is 0.562. The third-order valence-corrected chi connectivity index (χ3v) is 3.64. The molecule has 4 heteroatoms. The van der Waals surface area contributed by atoms with Gasteiger partial charge in [0.15, 0.2) is 0 Å². The molecule has 0 aliphatic carbocycles. The van der Waals surface area contributed by atoms with Gasteiger partial charge in [0.25, 0.3) is 0 Å². The van der Waals surface area contributed by atoms with E-state index in [0.717, 1.165) is 18.7 Å². The molecule has 0 fully saturated rings. The highest BCUT2D eigenvalue weighted by molar-refractivity contribution is 6.33. The van der Waals surface area contributed by atoms with Crippen molar-refractivity contribution in [3.8, 4) is 0 Å². The summed E-state index contributed by atoms with van der Waals surface area (Å²) in [7, 11) is 0. The second-order valence-corrected chi connectivity index (χ2v) is 5.46. The van der Waals surface area contributed by atoms with Crippen molar-refractivity contribution in [1.82, 2.24) is 0 Å². The molecule has 0 amide bonds. The molecule has 112 valence electrons. The molecule has 0 aliphatic heterocycles. The van der Waals surface area contributed by atoms with Crippen molar-refractivity contribution in [3.63, 3.8) is 0 Å². The number of hydrogen-bond acceptors (Lipinski definition) is 2. The summed E-state index contributed by atoms with van der Waals surface area (Å²) in [4.78, 5) is 11.0. The van der Waals surface area contributed by atoms with Gasteiger partial charge in [0.2, 0.25) is 0 Å². The number of benzene rings is 1. The van der Waals surface area contributed by atoms with E-state index in [4.69, 9.17) is 16.7 Å². The van der Waals surface area contributed by atoms with Crippen LogP contribution < -0.4 is 5.32 Å². The van der Waals surface area contributed by atoms with Crippen LogP contribution in [0.2, 0.25) is 5.02 Å². The van der Waals surface area contributed by atoms with E-state index in [2.05, 4.69) is 12.2 Å². The largest absolute Gasteiger partial charge is 0.478 e. The predicted octanol–water partition coefficient (Wildman–Crippen LogP) is 5.20. The number of rotatable bonds is 10. The third-order valence-electron chi connectivity index (χ3n) is 3.31. The van der Waals surface area contributed by atoms with Gasteiger partial charge < -0.3 is 10.4 Å². The Morgan fingerprint density at radius 1 is 1.15 bits per heavy atom. The maximum absolute atomic E-state index is 11.0. The number of carboxylic acids is 1. The summed E-state index contributed by atoms with van der Waals surface area (Å²) in [6, 6.07) is 5.03. The first-order valence-corrected chi connectivity index (χ1v) is 7.79. The van der Waals surface area contributed by atoms with Gasteiger partial charge in [-0.15, -0.1) is 0 Å². The van der Waals surface area contributed by atoms with Gasteiger partial charge in [-0.05, 0) is 24.6 Å². The molecule has 0 aliphatic rings. The molecule has 0 radical (unpaired) electrons. The Kier molecular flexibility index (Phi) is 8.12. The zero-order valence-corrected chi connectivity index (χ0v) is 12.9. The highest BCUT2D eigenvalue weighted by atomic mass is 35.5. The SMILES string of the molecule is CCCCCCCCCNc1ccc(Cl)c(C(=O)O)c1. The Morgan fingerprint density at radius 3 is 2.45 bits per heavy atom. The molecule has 1 aromatic rings. The molecule has 1 aromatic carbocycles. The van der Waals surface area contributed by atoms with Crippen molar-refractivity contribution in [3.05, 3.63) is 28.8 Å². The molecular weight excluding hydrogens is 274 g/mol. The van der Waals surface area contributed by atoms with Gasteiger partial charge >= 0.3 is 5.97 Å². The molecule has 2 N–H and O–H groups in total. The van der Waals surface area contributed by atoms with Crippen LogP contribution in [0.25, 0.3) is 0 Å². The lowest BCUT2D eigenvalue weighted by Crippen LogP contribution is -2.04. The van der Waals surface area contributed by atoms with Crippen LogP contribution >= 0.6 is 11.6 Å². The summed E-state index contributed by atoms with van der Waals surface area (Å²) in [5.74, 6) is -0.991. The van der Waals surface area contributed by atoms with Crippen molar-refractivity contribution < 1.29 is 9.90 Å². The van der Waals surface area contributed by atoms with Crippen molar-refractivity contribution >= 4 is 23.3 Å². The number of halogens is 1. The van der Waals surface area contributed by atoms with E-state index in [1.807, 2.05) is 6.07 Å². The number of aromatic carboxylic acids is 1. The van der Waals surface area contributed by atoms with E-state index in [-0.39, 0.29) is 10.6 Å². The number of carbonyl (C=O) groups is 1. The zero-order chi connectivity index (χ0) is 14.8. The van der Waals surface area contributed by atoms with Crippen molar-refractivity contribution in [2.75, 3.05) is 11.9 Å². The smallest absolute Gasteiger partial charge is 0.337 e. The molecule has 0 unspecified atom stereocenters. The Hall–Kier alpha value is -1.22. The van der Waals surface area contributed by atoms with Crippen LogP contribution in [0, 0.1) is 0 Å². The molecule has 0 saturated heterocycles. The maximum Gasteiger partial charge on any atom is 0.337 e. The van der Waals surface area contributed by atoms with Crippen LogP contribution in [0.4, 0.5) is 5.69 Å². The summed E-state index contributed by atoms with van der Waals surface area (Å²) in [5, 5.41) is 12.5. The van der Waals surface area contributed by atoms with Crippen LogP contribution in [0.5, 0.6) is 0 Å². The number of hydrogen-bond donors (Lipinski definition) is 2. The van der Waals surface area contributed by atoms with Crippen LogP contribution in [-0.2, 0) is 0 Å². The number of carboxylic acid groups (broad SMARTS) is 1. The fourth-order valence-corrected chi connectivity index (χ4v) is 2.31. The van der Waals surface area contributed by atoms with E-state index in [0.29, 0.717) is 0 Å². The summed E-state index contributed by atoms with van der Waals surface area (Å²) >= 11 is 5.83. The van der Waals surface area contributed by atoms with Gasteiger partial charge in [-0.1, -0.05) is 57.0 Å². The lowest BCUT2D eigenvalue weighted by molar-refractivity contribution is 0.0697. The molecule has 0 aromatic heterocycles. The first kappa shape index (κ1) is 16.8. The Morgan fingerprint density at radius 2 is 1.80 bits per heavy atom. The number of anilines is 1. The Balaban J connectivity index is 2.22. The molecular formula is C16H24ClNO2. The third kappa shape index (κ3) is 6.29. The minimum Gasteiger partial charge on any atom is -0.478 e. The van der Waals surface area contributed by atoms with Crippen molar-refractivity contribution in [1.29, 1.82) is 0 Å². The number of unbranched alkanes of at least 4 members (excludes halogenated alkanes) is 6. The monoisotopic (exact) mass is 297 g/mol. The summed E-state index contributed by atoms with van der Waals surface area (Å²) in [6.45, 7) is 3.09. The number of nitrogens with one attached hydrogen (secondary N) is 1. The van der Waals surface area contributed by atoms with E-state index >= 15 is 0 Å². The summed E-state index contributed by atoms with van der Waals surface area (Å²) in [5.41, 5.74) is 0.967. The topological polar surface area (TPSA) is 49.3 Å². The molecule has 20 heavy (non-hydrogen) atoms. The summed E-state index contributed by atoms with van der Waals surface area (Å²) < 4.78 is 0. The van der Waals surface area contributed by atoms with Crippen LogP contribution in [0.1, 0.15) is 62.2 Å². The average Bonchev–Trinajstić information content (AvgIpc) is 2.43. The van der Waals surface area contributed by atoms with E-state index in [1.165, 1.54) is 38.5 Å². The Labute approximate surface area is 126 Å². The first-order valence-electron chi connectivity index (χ1n) is 7.42. The average molecular weight is 298 g/mol. The van der Waals surface area contributed by atoms with Gasteiger partial charge in [0.1, 0.15) is 0 Å². The lowest BCUT2D eigenvalue weighted by Gasteiger charge is -2.08. The minimum absolute atomic E-state index is 0.149. The lowest BCUT2D eigenvalue weighted by atomic mass is 10.1. The molecule has 0 bridgehead atoms. The maximum atomic E-state index is 11.0. The normalized spacial score (nSPS) is 10.5. The highest BCUT2D eigenvalue weighted by Gasteiger charge is 2.08.